The Balaban J connectivity index is 1.26. The van der Waals surface area contributed by atoms with Crippen LogP contribution in [0.25, 0.3) is 11.0 Å². The number of hydrogen-bond acceptors (Lipinski definition) is 5. The number of amides is 1. The molecule has 3 aromatic heterocycles. The summed E-state index contributed by atoms with van der Waals surface area (Å²) < 4.78 is 28.1. The lowest BCUT2D eigenvalue weighted by molar-refractivity contribution is 0.0713. The molecule has 0 unspecified atom stereocenters. The average molecular weight is 481 g/mol. The standard InChI is InChI=1S/C24H24N4O3S2/c29-24(18-4-1-6-20(14-18)33(30,31)27-15-19-5-3-13-32-19)28-11-8-17(9-12-28)22-16-26-23-21(22)7-2-10-25-23/h1-7,10,13-14,16-17,27H,8-9,11-12,15H2,(H,25,26). The lowest BCUT2D eigenvalue weighted by Crippen LogP contribution is -2.38. The number of aromatic nitrogens is 2. The first-order chi connectivity index (χ1) is 16.0. The van der Waals surface area contributed by atoms with Gasteiger partial charge in [-0.05, 0) is 66.1 Å². The number of aromatic amines is 1. The van der Waals surface area contributed by atoms with Gasteiger partial charge in [-0.3, -0.25) is 4.79 Å². The van der Waals surface area contributed by atoms with Crippen LogP contribution in [0, 0.1) is 0 Å². The SMILES string of the molecule is O=C(c1cccc(S(=O)(=O)NCc2cccs2)c1)N1CCC(c2c[nH]c3ncccc23)CC1. The van der Waals surface area contributed by atoms with Gasteiger partial charge in [0.1, 0.15) is 5.65 Å². The van der Waals surface area contributed by atoms with Crippen molar-refractivity contribution in [1.29, 1.82) is 0 Å². The van der Waals surface area contributed by atoms with Crippen molar-refractivity contribution in [2.45, 2.75) is 30.2 Å². The molecule has 1 amide bonds. The maximum absolute atomic E-state index is 13.1. The number of thiophene rings is 1. The van der Waals surface area contributed by atoms with Crippen LogP contribution in [0.1, 0.15) is 39.6 Å². The number of sulfonamides is 1. The maximum atomic E-state index is 13.1. The smallest absolute Gasteiger partial charge is 0.253 e. The molecular formula is C24H24N4O3S2. The molecule has 33 heavy (non-hydrogen) atoms. The summed E-state index contributed by atoms with van der Waals surface area (Å²) in [7, 11) is -3.71. The predicted octanol–water partition coefficient (Wildman–Crippen LogP) is 4.12. The third-order valence-corrected chi connectivity index (χ3v) is 8.39. The van der Waals surface area contributed by atoms with Gasteiger partial charge in [0.25, 0.3) is 5.91 Å². The van der Waals surface area contributed by atoms with Crippen LogP contribution in [0.4, 0.5) is 0 Å². The number of nitrogens with one attached hydrogen (secondary N) is 2. The molecule has 0 atom stereocenters. The van der Waals surface area contributed by atoms with Crippen LogP contribution in [0.2, 0.25) is 0 Å². The Morgan fingerprint density at radius 1 is 1.15 bits per heavy atom. The van der Waals surface area contributed by atoms with Gasteiger partial charge in [-0.2, -0.15) is 0 Å². The average Bonchev–Trinajstić information content (AvgIpc) is 3.53. The molecule has 0 aliphatic carbocycles. The molecule has 1 aromatic carbocycles. The Kier molecular flexibility index (Phi) is 6.01. The van der Waals surface area contributed by atoms with E-state index in [2.05, 4.69) is 20.8 Å². The van der Waals surface area contributed by atoms with Gasteiger partial charge in [-0.1, -0.05) is 12.1 Å². The second-order valence-electron chi connectivity index (χ2n) is 8.14. The molecule has 0 spiro atoms. The van der Waals surface area contributed by atoms with Crippen molar-refractivity contribution < 1.29 is 13.2 Å². The fraction of sp³-hybridized carbons (Fsp3) is 0.250. The summed E-state index contributed by atoms with van der Waals surface area (Å²) >= 11 is 1.49. The molecule has 0 bridgehead atoms. The highest BCUT2D eigenvalue weighted by Crippen LogP contribution is 2.33. The van der Waals surface area contributed by atoms with Crippen molar-refractivity contribution in [1.82, 2.24) is 19.6 Å². The Bertz CT molecular complexity index is 1370. The molecule has 7 nitrogen and oxygen atoms in total. The Morgan fingerprint density at radius 3 is 2.79 bits per heavy atom. The van der Waals surface area contributed by atoms with Gasteiger partial charge in [0.2, 0.25) is 10.0 Å². The number of piperidine rings is 1. The predicted molar refractivity (Wildman–Crippen MR) is 129 cm³/mol. The molecule has 2 N–H and O–H groups in total. The number of carbonyl (C=O) groups excluding carboxylic acids is 1. The van der Waals surface area contributed by atoms with Gasteiger partial charge in [-0.15, -0.1) is 11.3 Å². The summed E-state index contributed by atoms with van der Waals surface area (Å²) in [6.45, 7) is 1.49. The minimum absolute atomic E-state index is 0.103. The van der Waals surface area contributed by atoms with Gasteiger partial charge < -0.3 is 9.88 Å². The number of nitrogens with zero attached hydrogens (tertiary/aromatic N) is 2. The van der Waals surface area contributed by atoms with E-state index in [9.17, 15) is 13.2 Å². The molecule has 1 aliphatic heterocycles. The molecule has 9 heteroatoms. The van der Waals surface area contributed by atoms with Crippen molar-refractivity contribution in [3.8, 4) is 0 Å². The normalized spacial score (nSPS) is 15.2. The first-order valence-corrected chi connectivity index (χ1v) is 13.2. The zero-order valence-corrected chi connectivity index (χ0v) is 19.5. The van der Waals surface area contributed by atoms with Crippen LogP contribution in [-0.4, -0.2) is 42.3 Å². The van der Waals surface area contributed by atoms with Crippen molar-refractivity contribution in [3.05, 3.63) is 82.3 Å². The molecule has 0 radical (unpaired) electrons. The second-order valence-corrected chi connectivity index (χ2v) is 10.9. The third kappa shape index (κ3) is 4.57. The monoisotopic (exact) mass is 480 g/mol. The van der Waals surface area contributed by atoms with Crippen LogP contribution in [-0.2, 0) is 16.6 Å². The van der Waals surface area contributed by atoms with Gasteiger partial charge in [0.15, 0.2) is 0 Å². The van der Waals surface area contributed by atoms with E-state index in [1.54, 1.807) is 18.3 Å². The first-order valence-electron chi connectivity index (χ1n) is 10.8. The molecule has 5 rings (SSSR count). The minimum Gasteiger partial charge on any atom is -0.346 e. The van der Waals surface area contributed by atoms with E-state index in [-0.39, 0.29) is 17.3 Å². The number of likely N-dealkylation sites (tertiary alicyclic amines) is 1. The van der Waals surface area contributed by atoms with E-state index in [4.69, 9.17) is 0 Å². The number of H-pyrrole nitrogens is 1. The summed E-state index contributed by atoms with van der Waals surface area (Å²) in [6, 6.07) is 14.1. The molecule has 4 heterocycles. The van der Waals surface area contributed by atoms with Crippen LogP contribution in [0.5, 0.6) is 0 Å². The molecular weight excluding hydrogens is 456 g/mol. The maximum Gasteiger partial charge on any atom is 0.253 e. The van der Waals surface area contributed by atoms with Crippen molar-refractivity contribution in [2.24, 2.45) is 0 Å². The van der Waals surface area contributed by atoms with Crippen molar-refractivity contribution in [2.75, 3.05) is 13.1 Å². The lowest BCUT2D eigenvalue weighted by atomic mass is 9.89. The van der Waals surface area contributed by atoms with Crippen LogP contribution in [0.3, 0.4) is 0 Å². The Morgan fingerprint density at radius 2 is 2.00 bits per heavy atom. The van der Waals surface area contributed by atoms with E-state index in [1.807, 2.05) is 34.7 Å². The second kappa shape index (κ2) is 9.09. The number of hydrogen-bond donors (Lipinski definition) is 2. The zero-order chi connectivity index (χ0) is 22.8. The third-order valence-electron chi connectivity index (χ3n) is 6.11. The van der Waals surface area contributed by atoms with E-state index in [0.717, 1.165) is 28.8 Å². The minimum atomic E-state index is -3.71. The number of carbonyl (C=O) groups is 1. The van der Waals surface area contributed by atoms with E-state index in [0.29, 0.717) is 24.6 Å². The van der Waals surface area contributed by atoms with Crippen LogP contribution in [0.15, 0.2) is 71.2 Å². The number of fused-ring (bicyclic) bond motifs is 1. The number of rotatable bonds is 6. The van der Waals surface area contributed by atoms with Crippen molar-refractivity contribution in [3.63, 3.8) is 0 Å². The summed E-state index contributed by atoms with van der Waals surface area (Å²) in [6.07, 6.45) is 5.51. The summed E-state index contributed by atoms with van der Waals surface area (Å²) in [5.74, 6) is 0.226. The molecule has 4 aromatic rings. The highest BCUT2D eigenvalue weighted by molar-refractivity contribution is 7.89. The fourth-order valence-corrected chi connectivity index (χ4v) is 6.14. The highest BCUT2D eigenvalue weighted by Gasteiger charge is 2.27. The number of pyridine rings is 1. The van der Waals surface area contributed by atoms with E-state index >= 15 is 0 Å². The Labute approximate surface area is 196 Å². The lowest BCUT2D eigenvalue weighted by Gasteiger charge is -2.32. The summed E-state index contributed by atoms with van der Waals surface area (Å²) in [4.78, 5) is 23.6. The largest absolute Gasteiger partial charge is 0.346 e. The first kappa shape index (κ1) is 21.8. The number of benzene rings is 1. The molecule has 1 fully saturated rings. The van der Waals surface area contributed by atoms with Gasteiger partial charge in [0.05, 0.1) is 4.90 Å². The summed E-state index contributed by atoms with van der Waals surface area (Å²) in [5.41, 5.74) is 2.52. The Hall–Kier alpha value is -3.01. The van der Waals surface area contributed by atoms with Gasteiger partial charge >= 0.3 is 0 Å². The fourth-order valence-electron chi connectivity index (χ4n) is 4.35. The van der Waals surface area contributed by atoms with Crippen molar-refractivity contribution >= 4 is 38.3 Å². The molecule has 0 saturated carbocycles. The highest BCUT2D eigenvalue weighted by atomic mass is 32.2. The van der Waals surface area contributed by atoms with Crippen LogP contribution < -0.4 is 4.72 Å². The van der Waals surface area contributed by atoms with Crippen LogP contribution >= 0.6 is 11.3 Å². The van der Waals surface area contributed by atoms with Gasteiger partial charge in [0, 0.05) is 47.9 Å². The molecule has 1 aliphatic rings. The molecule has 1 saturated heterocycles. The quantitative estimate of drug-likeness (QED) is 0.434. The molecule has 170 valence electrons. The zero-order valence-electron chi connectivity index (χ0n) is 17.9. The topological polar surface area (TPSA) is 95.2 Å². The summed E-state index contributed by atoms with van der Waals surface area (Å²) in [5, 5.41) is 3.04. The van der Waals surface area contributed by atoms with E-state index in [1.165, 1.54) is 29.0 Å². The van der Waals surface area contributed by atoms with Gasteiger partial charge in [-0.25, -0.2) is 18.1 Å². The van der Waals surface area contributed by atoms with E-state index < -0.39 is 10.0 Å².